The lowest BCUT2D eigenvalue weighted by molar-refractivity contribution is 0.0924. The Balaban J connectivity index is 1.54. The highest BCUT2D eigenvalue weighted by Gasteiger charge is 2.35. The maximum absolute atomic E-state index is 13.8. The van der Waals surface area contributed by atoms with Gasteiger partial charge in [0.2, 0.25) is 5.82 Å². The fourth-order valence-corrected chi connectivity index (χ4v) is 3.75. The van der Waals surface area contributed by atoms with E-state index >= 15 is 0 Å². The molecule has 0 saturated carbocycles. The molecule has 7 heteroatoms. The molecular weight excluding hydrogens is 357 g/mol. The first-order chi connectivity index (χ1) is 13.6. The number of amides is 1. The van der Waals surface area contributed by atoms with Gasteiger partial charge in [0.05, 0.1) is 6.04 Å². The third-order valence-corrected chi connectivity index (χ3v) is 5.04. The van der Waals surface area contributed by atoms with E-state index in [1.54, 1.807) is 19.2 Å². The second-order valence-corrected chi connectivity index (χ2v) is 7.16. The molecule has 144 valence electrons. The van der Waals surface area contributed by atoms with Gasteiger partial charge in [-0.25, -0.2) is 9.37 Å². The van der Waals surface area contributed by atoms with Gasteiger partial charge >= 0.3 is 0 Å². The molecule has 0 aliphatic carbocycles. The Bertz CT molecular complexity index is 958. The van der Waals surface area contributed by atoms with Crippen LogP contribution in [0.15, 0.2) is 60.9 Å². The van der Waals surface area contributed by atoms with Crippen LogP contribution in [0.1, 0.15) is 27.7 Å². The zero-order valence-electron chi connectivity index (χ0n) is 15.6. The molecule has 0 bridgehead atoms. The summed E-state index contributed by atoms with van der Waals surface area (Å²) in [6.07, 6.45) is 1.50. The molecule has 28 heavy (non-hydrogen) atoms. The van der Waals surface area contributed by atoms with Crippen LogP contribution in [0.2, 0.25) is 0 Å². The van der Waals surface area contributed by atoms with Gasteiger partial charge in [-0.2, -0.15) is 0 Å². The molecule has 4 rings (SSSR count). The highest BCUT2D eigenvalue weighted by atomic mass is 19.1. The van der Waals surface area contributed by atoms with Gasteiger partial charge in [-0.15, -0.1) is 5.10 Å². The Morgan fingerprint density at radius 3 is 2.71 bits per heavy atom. The van der Waals surface area contributed by atoms with Crippen LogP contribution in [0.3, 0.4) is 0 Å². The van der Waals surface area contributed by atoms with E-state index in [4.69, 9.17) is 0 Å². The Hall–Kier alpha value is -3.06. The Kier molecular flexibility index (Phi) is 5.16. The van der Waals surface area contributed by atoms with Crippen LogP contribution in [-0.4, -0.2) is 44.7 Å². The number of nitrogens with one attached hydrogen (secondary N) is 1. The van der Waals surface area contributed by atoms with Crippen molar-refractivity contribution in [3.8, 4) is 0 Å². The summed E-state index contributed by atoms with van der Waals surface area (Å²) in [6, 6.07) is 16.7. The molecule has 2 aromatic carbocycles. The summed E-state index contributed by atoms with van der Waals surface area (Å²) in [7, 11) is 1.72. The zero-order chi connectivity index (χ0) is 19.5. The average molecular weight is 379 g/mol. The average Bonchev–Trinajstić information content (AvgIpc) is 3.29. The molecule has 6 nitrogen and oxygen atoms in total. The second-order valence-electron chi connectivity index (χ2n) is 7.16. The number of carbonyl (C=O) groups excluding carboxylic acids is 1. The van der Waals surface area contributed by atoms with E-state index in [1.165, 1.54) is 22.6 Å². The standard InChI is InChI=1S/C21H22FN5O/c1-26-14-23-20(25-26)21(28)24-19-13-27(11-15-6-3-2-4-7-15)12-18(19)16-8-5-9-17(22)10-16/h2-10,14,18-19H,11-13H2,1H3,(H,24,28)/t18-,19+/m0/s1. The first kappa shape index (κ1) is 18.3. The number of nitrogens with zero attached hydrogens (tertiary/aromatic N) is 4. The van der Waals surface area contributed by atoms with Gasteiger partial charge in [-0.1, -0.05) is 42.5 Å². The van der Waals surface area contributed by atoms with Crippen molar-refractivity contribution in [1.82, 2.24) is 25.0 Å². The molecular formula is C21H22FN5O. The number of rotatable bonds is 5. The fraction of sp³-hybridized carbons (Fsp3) is 0.286. The third kappa shape index (κ3) is 4.09. The minimum absolute atomic E-state index is 0.00734. The van der Waals surface area contributed by atoms with Gasteiger partial charge in [-0.3, -0.25) is 14.4 Å². The second kappa shape index (κ2) is 7.90. The smallest absolute Gasteiger partial charge is 0.291 e. The Morgan fingerprint density at radius 1 is 1.18 bits per heavy atom. The van der Waals surface area contributed by atoms with Crippen LogP contribution < -0.4 is 5.32 Å². The SMILES string of the molecule is Cn1cnc(C(=O)N[C@@H]2CN(Cc3ccccc3)C[C@H]2c2cccc(F)c2)n1. The summed E-state index contributed by atoms with van der Waals surface area (Å²) in [5.41, 5.74) is 2.09. The first-order valence-corrected chi connectivity index (χ1v) is 9.27. The van der Waals surface area contributed by atoms with E-state index in [-0.39, 0.29) is 29.5 Å². The minimum Gasteiger partial charge on any atom is -0.345 e. The quantitative estimate of drug-likeness (QED) is 0.739. The molecule has 2 atom stereocenters. The lowest BCUT2D eigenvalue weighted by Crippen LogP contribution is -2.40. The fourth-order valence-electron chi connectivity index (χ4n) is 3.75. The number of hydrogen-bond donors (Lipinski definition) is 1. The maximum atomic E-state index is 13.8. The van der Waals surface area contributed by atoms with E-state index in [9.17, 15) is 9.18 Å². The van der Waals surface area contributed by atoms with Crippen LogP contribution in [0.4, 0.5) is 4.39 Å². The first-order valence-electron chi connectivity index (χ1n) is 9.27. The van der Waals surface area contributed by atoms with E-state index < -0.39 is 0 Å². The molecule has 1 aromatic heterocycles. The van der Waals surface area contributed by atoms with Gasteiger partial charge in [0, 0.05) is 32.6 Å². The van der Waals surface area contributed by atoms with E-state index in [2.05, 4.69) is 32.4 Å². The molecule has 0 unspecified atom stereocenters. The predicted molar refractivity (Wildman–Crippen MR) is 103 cm³/mol. The highest BCUT2D eigenvalue weighted by Crippen LogP contribution is 2.29. The topological polar surface area (TPSA) is 63.1 Å². The number of carbonyl (C=O) groups is 1. The van der Waals surface area contributed by atoms with Crippen LogP contribution in [-0.2, 0) is 13.6 Å². The summed E-state index contributed by atoms with van der Waals surface area (Å²) < 4.78 is 15.3. The van der Waals surface area contributed by atoms with Gasteiger partial charge in [0.15, 0.2) is 0 Å². The van der Waals surface area contributed by atoms with Gasteiger partial charge in [-0.05, 0) is 23.3 Å². The molecule has 1 aliphatic heterocycles. The molecule has 1 fully saturated rings. The van der Waals surface area contributed by atoms with Crippen molar-refractivity contribution in [3.05, 3.63) is 83.7 Å². The lowest BCUT2D eigenvalue weighted by Gasteiger charge is -2.19. The number of aromatic nitrogens is 3. The van der Waals surface area contributed by atoms with Crippen LogP contribution in [0.25, 0.3) is 0 Å². The molecule has 1 aliphatic rings. The van der Waals surface area contributed by atoms with Gasteiger partial charge in [0.1, 0.15) is 12.1 Å². The third-order valence-electron chi connectivity index (χ3n) is 5.04. The Labute approximate surface area is 163 Å². The minimum atomic E-state index is -0.312. The number of likely N-dealkylation sites (tertiary alicyclic amines) is 1. The number of halogens is 1. The summed E-state index contributed by atoms with van der Waals surface area (Å²) in [6.45, 7) is 2.19. The van der Waals surface area contributed by atoms with E-state index in [1.807, 2.05) is 24.3 Å². The largest absolute Gasteiger partial charge is 0.345 e. The van der Waals surface area contributed by atoms with Gasteiger partial charge < -0.3 is 5.32 Å². The summed E-state index contributed by atoms with van der Waals surface area (Å²) in [5.74, 6) is -0.446. The molecule has 1 amide bonds. The van der Waals surface area contributed by atoms with Crippen molar-refractivity contribution in [1.29, 1.82) is 0 Å². The summed E-state index contributed by atoms with van der Waals surface area (Å²) in [5, 5.41) is 7.12. The van der Waals surface area contributed by atoms with Crippen LogP contribution in [0, 0.1) is 5.82 Å². The molecule has 2 heterocycles. The highest BCUT2D eigenvalue weighted by molar-refractivity contribution is 5.90. The maximum Gasteiger partial charge on any atom is 0.291 e. The monoisotopic (exact) mass is 379 g/mol. The number of hydrogen-bond acceptors (Lipinski definition) is 4. The lowest BCUT2D eigenvalue weighted by atomic mass is 9.94. The molecule has 1 N–H and O–H groups in total. The molecule has 0 radical (unpaired) electrons. The molecule has 1 saturated heterocycles. The van der Waals surface area contributed by atoms with Crippen molar-refractivity contribution in [2.45, 2.75) is 18.5 Å². The van der Waals surface area contributed by atoms with Crippen molar-refractivity contribution in [2.24, 2.45) is 7.05 Å². The van der Waals surface area contributed by atoms with Crippen LogP contribution in [0.5, 0.6) is 0 Å². The Morgan fingerprint density at radius 2 is 2.00 bits per heavy atom. The van der Waals surface area contributed by atoms with Crippen molar-refractivity contribution in [2.75, 3.05) is 13.1 Å². The van der Waals surface area contributed by atoms with Gasteiger partial charge in [0.25, 0.3) is 5.91 Å². The molecule has 0 spiro atoms. The summed E-state index contributed by atoms with van der Waals surface area (Å²) in [4.78, 5) is 18.9. The van der Waals surface area contributed by atoms with E-state index in [0.29, 0.717) is 6.54 Å². The normalized spacial score (nSPS) is 19.6. The van der Waals surface area contributed by atoms with Crippen molar-refractivity contribution in [3.63, 3.8) is 0 Å². The predicted octanol–water partition coefficient (Wildman–Crippen LogP) is 2.35. The number of aryl methyl sites for hydroxylation is 1. The van der Waals surface area contributed by atoms with Crippen molar-refractivity contribution >= 4 is 5.91 Å². The summed E-state index contributed by atoms with van der Waals surface area (Å²) >= 11 is 0. The zero-order valence-corrected chi connectivity index (χ0v) is 15.6. The molecule has 3 aromatic rings. The van der Waals surface area contributed by atoms with Crippen LogP contribution >= 0.6 is 0 Å². The van der Waals surface area contributed by atoms with E-state index in [0.717, 1.165) is 18.7 Å². The number of benzene rings is 2. The van der Waals surface area contributed by atoms with Crippen molar-refractivity contribution < 1.29 is 9.18 Å².